The van der Waals surface area contributed by atoms with Gasteiger partial charge in [0, 0.05) is 0 Å². The molecular weight excluding hydrogens is 463 g/mol. The molecule has 0 amide bonds. The minimum atomic E-state index is -2.86. The Bertz CT molecular complexity index is 430. The molecule has 0 aromatic carbocycles. The van der Waals surface area contributed by atoms with E-state index in [0.29, 0.717) is 0 Å². The van der Waals surface area contributed by atoms with E-state index in [9.17, 15) is 0 Å². The average Bonchev–Trinajstić information content (AvgIpc) is 2.39. The van der Waals surface area contributed by atoms with Gasteiger partial charge in [-0.1, -0.05) is 0 Å². The Morgan fingerprint density at radius 3 is 1.30 bits per heavy atom. The van der Waals surface area contributed by atoms with E-state index in [2.05, 4.69) is 53.1 Å². The van der Waals surface area contributed by atoms with E-state index in [1.54, 1.807) is 0 Å². The summed E-state index contributed by atoms with van der Waals surface area (Å²) in [6, 6.07) is 0. The van der Waals surface area contributed by atoms with Crippen molar-refractivity contribution in [2.45, 2.75) is 87.7 Å². The molecule has 0 aromatic heterocycles. The molecule has 0 aliphatic rings. The summed E-state index contributed by atoms with van der Waals surface area (Å²) in [7, 11) is -2.84. The van der Waals surface area contributed by atoms with Gasteiger partial charge >= 0.3 is 159 Å². The molecule has 0 spiro atoms. The van der Waals surface area contributed by atoms with Crippen molar-refractivity contribution in [1.29, 1.82) is 0 Å². The van der Waals surface area contributed by atoms with Gasteiger partial charge < -0.3 is 0 Å². The zero-order valence-corrected chi connectivity index (χ0v) is 22.8. The van der Waals surface area contributed by atoms with Gasteiger partial charge in [-0.25, -0.2) is 0 Å². The molecule has 0 aliphatic heterocycles. The van der Waals surface area contributed by atoms with Crippen LogP contribution in [0.25, 0.3) is 0 Å². The van der Waals surface area contributed by atoms with Gasteiger partial charge in [0.1, 0.15) is 0 Å². The first-order valence-corrected chi connectivity index (χ1v) is 23.7. The Hall–Kier alpha value is 0.872. The van der Waals surface area contributed by atoms with Crippen molar-refractivity contribution >= 4 is 58.1 Å². The Balaban J connectivity index is 5.66. The molecule has 0 rings (SSSR count). The van der Waals surface area contributed by atoms with Crippen molar-refractivity contribution in [1.82, 2.24) is 0 Å². The van der Waals surface area contributed by atoms with Crippen molar-refractivity contribution in [3.05, 3.63) is 0 Å². The number of rotatable bonds is 10. The SMILES string of the molecule is CCC[CH2][Sn]([CH2]CCC)([N]=S=N[Si](C)(C)C)[N]=S=N[Si](C)(C)C. The number of nitrogens with zero attached hydrogens (tertiary/aromatic N) is 4. The minimum absolute atomic E-state index is 1.22. The molecule has 23 heavy (non-hydrogen) atoms. The van der Waals surface area contributed by atoms with E-state index in [1.807, 2.05) is 0 Å². The molecule has 4 nitrogen and oxygen atoms in total. The second kappa shape index (κ2) is 11.5. The molecule has 0 saturated heterocycles. The van der Waals surface area contributed by atoms with Crippen LogP contribution in [0.4, 0.5) is 0 Å². The monoisotopic (exact) mass is 500 g/mol. The van der Waals surface area contributed by atoms with Crippen LogP contribution in [0.1, 0.15) is 39.5 Å². The quantitative estimate of drug-likeness (QED) is 0.304. The molecule has 9 heteroatoms. The van der Waals surface area contributed by atoms with E-state index >= 15 is 0 Å². The van der Waals surface area contributed by atoms with E-state index in [4.69, 9.17) is 13.2 Å². The maximum atomic E-state index is 5.10. The van der Waals surface area contributed by atoms with Gasteiger partial charge in [0.05, 0.1) is 0 Å². The number of hydrogen-bond donors (Lipinski definition) is 0. The number of hydrogen-bond acceptors (Lipinski definition) is 4. The first-order chi connectivity index (χ1) is 10.5. The summed E-state index contributed by atoms with van der Waals surface area (Å²) in [5.74, 6) is 0. The molecule has 136 valence electrons. The average molecular weight is 499 g/mol. The Kier molecular flexibility index (Phi) is 11.9. The summed E-state index contributed by atoms with van der Waals surface area (Å²) in [5, 5.41) is 0. The summed E-state index contributed by atoms with van der Waals surface area (Å²) in [6.07, 6.45) is 4.94. The van der Waals surface area contributed by atoms with Crippen LogP contribution in [0.3, 0.4) is 0 Å². The van der Waals surface area contributed by atoms with Crippen LogP contribution in [0.15, 0.2) is 13.2 Å². The van der Waals surface area contributed by atoms with Crippen LogP contribution in [-0.4, -0.2) is 35.4 Å². The van der Waals surface area contributed by atoms with Gasteiger partial charge in [0.15, 0.2) is 0 Å². The third-order valence-electron chi connectivity index (χ3n) is 2.91. The second-order valence-electron chi connectivity index (χ2n) is 8.06. The van der Waals surface area contributed by atoms with Gasteiger partial charge in [-0.15, -0.1) is 0 Å². The predicted octanol–water partition coefficient (Wildman–Crippen LogP) is 6.60. The molecule has 0 aromatic rings. The van der Waals surface area contributed by atoms with Gasteiger partial charge in [-0.2, -0.15) is 0 Å². The molecule has 0 radical (unpaired) electrons. The zero-order chi connectivity index (χ0) is 18.0. The van der Waals surface area contributed by atoms with Gasteiger partial charge in [-0.05, 0) is 0 Å². The van der Waals surface area contributed by atoms with Crippen LogP contribution < -0.4 is 0 Å². The molecule has 0 atom stereocenters. The fraction of sp³-hybridized carbons (Fsp3) is 1.00. The molecule has 0 bridgehead atoms. The molecule has 0 N–H and O–H groups in total. The maximum absolute atomic E-state index is 5.10. The summed E-state index contributed by atoms with van der Waals surface area (Å²) in [6.45, 7) is 18.1. The van der Waals surface area contributed by atoms with Gasteiger partial charge in [-0.3, -0.25) is 0 Å². The first kappa shape index (κ1) is 23.9. The molecule has 0 fully saturated rings. The fourth-order valence-electron chi connectivity index (χ4n) is 1.68. The number of unbranched alkanes of at least 4 members (excludes halogenated alkanes) is 2. The third kappa shape index (κ3) is 13.8. The summed E-state index contributed by atoms with van der Waals surface area (Å²) in [4.78, 5) is 0. The van der Waals surface area contributed by atoms with Crippen molar-refractivity contribution in [2.75, 3.05) is 0 Å². The van der Waals surface area contributed by atoms with Crippen molar-refractivity contribution in [2.24, 2.45) is 13.2 Å². The predicted molar refractivity (Wildman–Crippen MR) is 116 cm³/mol. The second-order valence-corrected chi connectivity index (χ2v) is 30.5. The van der Waals surface area contributed by atoms with Crippen LogP contribution in [-0.2, 0) is 22.7 Å². The van der Waals surface area contributed by atoms with Crippen LogP contribution >= 0.6 is 0 Å². The standard InChI is InChI=1S/2C4H9.2C3H9N2SSi.Sn/c2*1-3-4-2;2*1-7(2,3)5-6-4;/h2*1,3-4H2,2H3;2*1-3H3;/q;;2*-1;+2. The fourth-order valence-corrected chi connectivity index (χ4v) is 19.4. The van der Waals surface area contributed by atoms with E-state index in [1.165, 1.54) is 57.3 Å². The Morgan fingerprint density at radius 1 is 0.696 bits per heavy atom. The summed E-state index contributed by atoms with van der Waals surface area (Å²) >= 11 is 0.124. The molecule has 0 unspecified atom stereocenters. The Labute approximate surface area is 158 Å². The zero-order valence-electron chi connectivity index (χ0n) is 16.3. The molecule has 0 heterocycles. The third-order valence-corrected chi connectivity index (χ3v) is 22.6. The van der Waals surface area contributed by atoms with Crippen molar-refractivity contribution in [3.63, 3.8) is 0 Å². The molecular formula is C14H36N4S2Si2Sn. The van der Waals surface area contributed by atoms with Crippen molar-refractivity contribution < 1.29 is 0 Å². The van der Waals surface area contributed by atoms with E-state index < -0.39 is 35.4 Å². The Morgan fingerprint density at radius 2 is 1.04 bits per heavy atom. The summed E-state index contributed by atoms with van der Waals surface area (Å²) < 4.78 is 22.2. The first-order valence-electron chi connectivity index (χ1n) is 8.75. The van der Waals surface area contributed by atoms with Crippen LogP contribution in [0.5, 0.6) is 0 Å². The van der Waals surface area contributed by atoms with E-state index in [-0.39, 0.29) is 0 Å². The summed E-state index contributed by atoms with van der Waals surface area (Å²) in [5.41, 5.74) is 0. The van der Waals surface area contributed by atoms with Crippen molar-refractivity contribution in [3.8, 4) is 0 Å². The van der Waals surface area contributed by atoms with Gasteiger partial charge in [0.2, 0.25) is 0 Å². The topological polar surface area (TPSA) is 49.4 Å². The molecule has 0 aliphatic carbocycles. The van der Waals surface area contributed by atoms with Crippen LogP contribution in [0.2, 0.25) is 48.2 Å². The van der Waals surface area contributed by atoms with Crippen LogP contribution in [0, 0.1) is 0 Å². The normalized spacial score (nSPS) is 12.5. The molecule has 0 saturated carbocycles. The van der Waals surface area contributed by atoms with Gasteiger partial charge in [0.25, 0.3) is 0 Å². The van der Waals surface area contributed by atoms with E-state index in [0.717, 1.165) is 0 Å².